The first-order chi connectivity index (χ1) is 10.4. The van der Waals surface area contributed by atoms with Crippen LogP contribution in [-0.2, 0) is 10.0 Å². The van der Waals surface area contributed by atoms with Crippen molar-refractivity contribution in [2.75, 3.05) is 4.72 Å². The summed E-state index contributed by atoms with van der Waals surface area (Å²) in [7, 11) is -4.03. The first-order valence-corrected chi connectivity index (χ1v) is 8.34. The molecule has 0 saturated carbocycles. The number of anilines is 1. The molecule has 0 aliphatic heterocycles. The van der Waals surface area contributed by atoms with E-state index >= 15 is 0 Å². The van der Waals surface area contributed by atoms with Crippen LogP contribution in [0.2, 0.25) is 0 Å². The van der Waals surface area contributed by atoms with Crippen LogP contribution in [-0.4, -0.2) is 8.42 Å². The summed E-state index contributed by atoms with van der Waals surface area (Å²) in [5.41, 5.74) is 0.752. The highest BCUT2D eigenvalue weighted by atomic mass is 79.9. The van der Waals surface area contributed by atoms with Crippen LogP contribution in [0, 0.1) is 17.1 Å². The normalized spacial score (nSPS) is 11.8. The van der Waals surface area contributed by atoms with Crippen LogP contribution in [0.15, 0.2) is 57.9 Å². The Balaban J connectivity index is 2.31. The van der Waals surface area contributed by atoms with Crippen molar-refractivity contribution in [2.24, 2.45) is 0 Å². The fourth-order valence-corrected chi connectivity index (χ4v) is 2.84. The zero-order valence-corrected chi connectivity index (χ0v) is 13.5. The number of hydrogen-bond acceptors (Lipinski definition) is 3. The SMILES string of the molecule is N#CC(=Cc1ccc(Br)cc1)S(=O)(=O)Nc1ccc(F)cc1. The Hall–Kier alpha value is -2.17. The lowest BCUT2D eigenvalue weighted by molar-refractivity contribution is 0.608. The second-order valence-corrected chi connectivity index (χ2v) is 6.85. The molecular formula is C15H10BrFN2O2S. The van der Waals surface area contributed by atoms with Crippen LogP contribution in [0.25, 0.3) is 6.08 Å². The predicted octanol–water partition coefficient (Wildman–Crippen LogP) is 3.89. The van der Waals surface area contributed by atoms with Crippen molar-refractivity contribution in [3.8, 4) is 6.07 Å². The Labute approximate surface area is 136 Å². The Bertz CT molecular complexity index is 839. The molecule has 0 amide bonds. The van der Waals surface area contributed by atoms with Gasteiger partial charge in [-0.25, -0.2) is 12.8 Å². The minimum absolute atomic E-state index is 0.179. The van der Waals surface area contributed by atoms with E-state index in [-0.39, 0.29) is 5.69 Å². The van der Waals surface area contributed by atoms with Crippen molar-refractivity contribution in [2.45, 2.75) is 0 Å². The predicted molar refractivity (Wildman–Crippen MR) is 86.7 cm³/mol. The molecule has 2 rings (SSSR count). The number of halogens is 2. The fraction of sp³-hybridized carbons (Fsp3) is 0. The maximum absolute atomic E-state index is 12.8. The third-order valence-corrected chi connectivity index (χ3v) is 4.49. The van der Waals surface area contributed by atoms with Crippen LogP contribution >= 0.6 is 15.9 Å². The van der Waals surface area contributed by atoms with Gasteiger partial charge in [0.05, 0.1) is 0 Å². The van der Waals surface area contributed by atoms with Gasteiger partial charge in [0.2, 0.25) is 0 Å². The van der Waals surface area contributed by atoms with Crippen molar-refractivity contribution in [1.29, 1.82) is 5.26 Å². The fourth-order valence-electron chi connectivity index (χ4n) is 1.61. The maximum atomic E-state index is 12.8. The summed E-state index contributed by atoms with van der Waals surface area (Å²) in [6.45, 7) is 0. The van der Waals surface area contributed by atoms with Crippen LogP contribution in [0.3, 0.4) is 0 Å². The second-order valence-electron chi connectivity index (χ2n) is 4.28. The number of nitrogens with zero attached hydrogens (tertiary/aromatic N) is 1. The summed E-state index contributed by atoms with van der Waals surface area (Å²) in [6.07, 6.45) is 1.26. The first-order valence-electron chi connectivity index (χ1n) is 6.06. The molecule has 0 aliphatic rings. The van der Waals surface area contributed by atoms with E-state index in [1.807, 2.05) is 0 Å². The van der Waals surface area contributed by atoms with Crippen molar-refractivity contribution in [3.63, 3.8) is 0 Å². The summed E-state index contributed by atoms with van der Waals surface area (Å²) in [6, 6.07) is 13.3. The third-order valence-electron chi connectivity index (χ3n) is 2.66. The van der Waals surface area contributed by atoms with Gasteiger partial charge in [-0.1, -0.05) is 28.1 Å². The number of rotatable bonds is 4. The molecule has 0 saturated heterocycles. The van der Waals surface area contributed by atoms with Gasteiger partial charge in [0.15, 0.2) is 4.91 Å². The van der Waals surface area contributed by atoms with E-state index in [9.17, 15) is 12.8 Å². The summed E-state index contributed by atoms with van der Waals surface area (Å²) in [5, 5.41) is 9.09. The Morgan fingerprint density at radius 1 is 1.14 bits per heavy atom. The minimum atomic E-state index is -4.03. The van der Waals surface area contributed by atoms with E-state index in [4.69, 9.17) is 5.26 Å². The van der Waals surface area contributed by atoms with Gasteiger partial charge in [0.25, 0.3) is 10.0 Å². The monoisotopic (exact) mass is 380 g/mol. The van der Waals surface area contributed by atoms with Gasteiger partial charge in [-0.05, 0) is 48.0 Å². The van der Waals surface area contributed by atoms with E-state index < -0.39 is 20.7 Å². The van der Waals surface area contributed by atoms with Gasteiger partial charge in [-0.3, -0.25) is 4.72 Å². The Morgan fingerprint density at radius 3 is 2.27 bits per heavy atom. The number of nitriles is 1. The zero-order valence-electron chi connectivity index (χ0n) is 11.1. The quantitative estimate of drug-likeness (QED) is 0.817. The molecule has 0 bridgehead atoms. The Kier molecular flexibility index (Phi) is 4.96. The average molecular weight is 381 g/mol. The average Bonchev–Trinajstić information content (AvgIpc) is 2.48. The third kappa shape index (κ3) is 4.16. The van der Waals surface area contributed by atoms with E-state index in [2.05, 4.69) is 20.7 Å². The highest BCUT2D eigenvalue weighted by molar-refractivity contribution is 9.10. The molecule has 22 heavy (non-hydrogen) atoms. The number of benzene rings is 2. The number of allylic oxidation sites excluding steroid dienone is 1. The Morgan fingerprint density at radius 2 is 1.73 bits per heavy atom. The van der Waals surface area contributed by atoms with Crippen molar-refractivity contribution in [3.05, 3.63) is 69.3 Å². The van der Waals surface area contributed by atoms with Gasteiger partial charge in [0.1, 0.15) is 11.9 Å². The molecular weight excluding hydrogens is 371 g/mol. The summed E-state index contributed by atoms with van der Waals surface area (Å²) in [4.78, 5) is -0.431. The lowest BCUT2D eigenvalue weighted by Gasteiger charge is -2.07. The lowest BCUT2D eigenvalue weighted by atomic mass is 10.2. The standard InChI is InChI=1S/C15H10BrFN2O2S/c16-12-3-1-11(2-4-12)9-15(10-18)22(20,21)19-14-7-5-13(17)6-8-14/h1-9,19H. The van der Waals surface area contributed by atoms with Gasteiger partial charge >= 0.3 is 0 Å². The topological polar surface area (TPSA) is 70.0 Å². The molecule has 0 heterocycles. The van der Waals surface area contributed by atoms with Crippen molar-refractivity contribution >= 4 is 37.7 Å². The van der Waals surface area contributed by atoms with Crippen molar-refractivity contribution in [1.82, 2.24) is 0 Å². The molecule has 2 aromatic rings. The van der Waals surface area contributed by atoms with Gasteiger partial charge in [0, 0.05) is 10.2 Å². The molecule has 0 unspecified atom stereocenters. The van der Waals surface area contributed by atoms with Gasteiger partial charge < -0.3 is 0 Å². The van der Waals surface area contributed by atoms with E-state index in [1.54, 1.807) is 30.3 Å². The molecule has 2 aromatic carbocycles. The van der Waals surface area contributed by atoms with E-state index in [0.717, 1.165) is 16.6 Å². The van der Waals surface area contributed by atoms with Gasteiger partial charge in [-0.15, -0.1) is 0 Å². The molecule has 1 N–H and O–H groups in total. The number of sulfonamides is 1. The van der Waals surface area contributed by atoms with Crippen LogP contribution in [0.1, 0.15) is 5.56 Å². The van der Waals surface area contributed by atoms with E-state index in [1.165, 1.54) is 18.2 Å². The largest absolute Gasteiger partial charge is 0.279 e. The maximum Gasteiger partial charge on any atom is 0.272 e. The highest BCUT2D eigenvalue weighted by Crippen LogP contribution is 2.18. The molecule has 0 aliphatic carbocycles. The smallest absolute Gasteiger partial charge is 0.272 e. The summed E-state index contributed by atoms with van der Waals surface area (Å²) >= 11 is 3.27. The minimum Gasteiger partial charge on any atom is -0.279 e. The van der Waals surface area contributed by atoms with Gasteiger partial charge in [-0.2, -0.15) is 5.26 Å². The molecule has 0 radical (unpaired) electrons. The summed E-state index contributed by atoms with van der Waals surface area (Å²) < 4.78 is 40.3. The molecule has 4 nitrogen and oxygen atoms in total. The number of hydrogen-bond donors (Lipinski definition) is 1. The zero-order chi connectivity index (χ0) is 16.2. The lowest BCUT2D eigenvalue weighted by Crippen LogP contribution is -2.14. The molecule has 112 valence electrons. The van der Waals surface area contributed by atoms with Crippen LogP contribution in [0.4, 0.5) is 10.1 Å². The van der Waals surface area contributed by atoms with E-state index in [0.29, 0.717) is 5.56 Å². The molecule has 0 aromatic heterocycles. The first kappa shape index (κ1) is 16.2. The highest BCUT2D eigenvalue weighted by Gasteiger charge is 2.17. The second kappa shape index (κ2) is 6.73. The molecule has 0 fully saturated rings. The van der Waals surface area contributed by atoms with Crippen LogP contribution < -0.4 is 4.72 Å². The van der Waals surface area contributed by atoms with Crippen LogP contribution in [0.5, 0.6) is 0 Å². The van der Waals surface area contributed by atoms with Crippen molar-refractivity contribution < 1.29 is 12.8 Å². The number of nitrogens with one attached hydrogen (secondary N) is 1. The molecule has 0 spiro atoms. The molecule has 0 atom stereocenters. The molecule has 7 heteroatoms. The summed E-state index contributed by atoms with van der Waals surface area (Å²) in [5.74, 6) is -0.478.